The molecule has 0 spiro atoms. The molecule has 0 aromatic rings. The van der Waals surface area contributed by atoms with Crippen molar-refractivity contribution in [3.63, 3.8) is 0 Å². The van der Waals surface area contributed by atoms with Gasteiger partial charge in [0.1, 0.15) is 0 Å². The lowest BCUT2D eigenvalue weighted by Crippen LogP contribution is -2.38. The maximum Gasteiger partial charge on any atom is 0.490 e. The van der Waals surface area contributed by atoms with Gasteiger partial charge in [0.25, 0.3) is 0 Å². The number of rotatable bonds is 5. The molecule has 0 unspecified atom stereocenters. The summed E-state index contributed by atoms with van der Waals surface area (Å²) in [5, 5.41) is 17.0. The maximum atomic E-state index is 10.8. The minimum Gasteiger partial charge on any atom is -0.475 e. The minimum atomic E-state index is -5.08. The van der Waals surface area contributed by atoms with Crippen LogP contribution in [0.25, 0.3) is 0 Å². The average molecular weight is 429 g/mol. The van der Waals surface area contributed by atoms with Gasteiger partial charge in [-0.05, 0) is 13.0 Å². The SMILES string of the molecule is NCC(=O)NCCCN1CCOCC1.O=C(O)C(F)(F)F.O=C(O)C(F)(F)F. The molecule has 0 aromatic carbocycles. The van der Waals surface area contributed by atoms with Crippen LogP contribution in [0.5, 0.6) is 0 Å². The Morgan fingerprint density at radius 3 is 1.68 bits per heavy atom. The molecular weight excluding hydrogens is 408 g/mol. The van der Waals surface area contributed by atoms with E-state index in [0.29, 0.717) is 6.54 Å². The van der Waals surface area contributed by atoms with Crippen molar-refractivity contribution in [1.29, 1.82) is 0 Å². The molecule has 0 saturated carbocycles. The highest BCUT2D eigenvalue weighted by Gasteiger charge is 2.38. The van der Waals surface area contributed by atoms with Crippen LogP contribution in [0.4, 0.5) is 26.3 Å². The molecule has 1 rings (SSSR count). The highest BCUT2D eigenvalue weighted by Crippen LogP contribution is 2.13. The van der Waals surface area contributed by atoms with Crippen molar-refractivity contribution in [3.8, 4) is 0 Å². The van der Waals surface area contributed by atoms with Gasteiger partial charge in [-0.1, -0.05) is 0 Å². The van der Waals surface area contributed by atoms with Crippen molar-refractivity contribution in [3.05, 3.63) is 0 Å². The number of ether oxygens (including phenoxy) is 1. The molecule has 0 radical (unpaired) electrons. The number of amides is 1. The summed E-state index contributed by atoms with van der Waals surface area (Å²) < 4.78 is 68.7. The molecule has 1 aliphatic heterocycles. The van der Waals surface area contributed by atoms with E-state index in [-0.39, 0.29) is 12.5 Å². The van der Waals surface area contributed by atoms with E-state index in [9.17, 15) is 31.1 Å². The van der Waals surface area contributed by atoms with Gasteiger partial charge >= 0.3 is 24.3 Å². The lowest BCUT2D eigenvalue weighted by atomic mass is 10.3. The van der Waals surface area contributed by atoms with Crippen molar-refractivity contribution in [2.75, 3.05) is 45.9 Å². The Bertz CT molecular complexity index is 456. The number of carbonyl (C=O) groups is 3. The summed E-state index contributed by atoms with van der Waals surface area (Å²) in [7, 11) is 0. The lowest BCUT2D eigenvalue weighted by molar-refractivity contribution is -0.193. The fourth-order valence-corrected chi connectivity index (χ4v) is 1.43. The summed E-state index contributed by atoms with van der Waals surface area (Å²) in [6, 6.07) is 0. The summed E-state index contributed by atoms with van der Waals surface area (Å²) in [4.78, 5) is 30.9. The molecule has 1 aliphatic rings. The largest absolute Gasteiger partial charge is 0.490 e. The number of hydrogen-bond acceptors (Lipinski definition) is 6. The highest BCUT2D eigenvalue weighted by atomic mass is 19.4. The number of aliphatic carboxylic acids is 2. The Hall–Kier alpha value is -2.13. The first-order chi connectivity index (χ1) is 12.7. The average Bonchev–Trinajstić information content (AvgIpc) is 2.58. The maximum absolute atomic E-state index is 10.8. The van der Waals surface area contributed by atoms with Crippen LogP contribution >= 0.6 is 0 Å². The first kappa shape index (κ1) is 28.1. The van der Waals surface area contributed by atoms with Gasteiger partial charge in [0, 0.05) is 19.6 Å². The van der Waals surface area contributed by atoms with Gasteiger partial charge in [-0.25, -0.2) is 9.59 Å². The summed E-state index contributed by atoms with van der Waals surface area (Å²) >= 11 is 0. The zero-order valence-electron chi connectivity index (χ0n) is 14.5. The third-order valence-electron chi connectivity index (χ3n) is 2.75. The normalized spacial score (nSPS) is 14.7. The fraction of sp³-hybridized carbons (Fsp3) is 0.769. The molecule has 0 aliphatic carbocycles. The number of halogens is 6. The van der Waals surface area contributed by atoms with Crippen molar-refractivity contribution < 1.29 is 55.7 Å². The van der Waals surface area contributed by atoms with Crippen LogP contribution in [0.1, 0.15) is 6.42 Å². The summed E-state index contributed by atoms with van der Waals surface area (Å²) in [5.41, 5.74) is 5.16. The van der Waals surface area contributed by atoms with Crippen LogP contribution in [-0.2, 0) is 19.1 Å². The highest BCUT2D eigenvalue weighted by molar-refractivity contribution is 5.77. The van der Waals surface area contributed by atoms with Crippen molar-refractivity contribution in [1.82, 2.24) is 10.2 Å². The summed E-state index contributed by atoms with van der Waals surface area (Å²) in [6.07, 6.45) is -9.19. The fourth-order valence-electron chi connectivity index (χ4n) is 1.43. The molecule has 0 bridgehead atoms. The Balaban J connectivity index is 0. The van der Waals surface area contributed by atoms with E-state index >= 15 is 0 Å². The quantitative estimate of drug-likeness (QED) is 0.355. The van der Waals surface area contributed by atoms with Crippen LogP contribution in [-0.4, -0.2) is 91.2 Å². The Labute approximate surface area is 155 Å². The summed E-state index contributed by atoms with van der Waals surface area (Å²) in [5.74, 6) is -5.59. The first-order valence-corrected chi connectivity index (χ1v) is 7.58. The Kier molecular flexibility index (Phi) is 14.0. The van der Waals surface area contributed by atoms with E-state index in [4.69, 9.17) is 30.3 Å². The second-order valence-corrected chi connectivity index (χ2v) is 4.97. The Morgan fingerprint density at radius 2 is 1.36 bits per heavy atom. The molecule has 1 fully saturated rings. The zero-order chi connectivity index (χ0) is 22.4. The van der Waals surface area contributed by atoms with Crippen LogP contribution in [0.2, 0.25) is 0 Å². The van der Waals surface area contributed by atoms with Gasteiger partial charge in [-0.3, -0.25) is 9.69 Å². The number of carbonyl (C=O) groups excluding carboxylic acids is 1. The van der Waals surface area contributed by atoms with Crippen molar-refractivity contribution in [2.24, 2.45) is 5.73 Å². The van der Waals surface area contributed by atoms with Gasteiger partial charge in [0.15, 0.2) is 0 Å². The monoisotopic (exact) mass is 429 g/mol. The van der Waals surface area contributed by atoms with Gasteiger partial charge in [0.2, 0.25) is 5.91 Å². The first-order valence-electron chi connectivity index (χ1n) is 7.58. The van der Waals surface area contributed by atoms with E-state index in [1.165, 1.54) is 0 Å². The number of hydrogen-bond donors (Lipinski definition) is 4. The molecule has 5 N–H and O–H groups in total. The topological polar surface area (TPSA) is 142 Å². The molecule has 166 valence electrons. The molecule has 1 saturated heterocycles. The molecule has 0 atom stereocenters. The standard InChI is InChI=1S/C9H19N3O2.2C2HF3O2/c10-8-9(13)11-2-1-3-12-4-6-14-7-5-12;2*3-2(4,5)1(6)7/h1-8,10H2,(H,11,13);2*(H,6,7). The van der Waals surface area contributed by atoms with Crippen molar-refractivity contribution >= 4 is 17.8 Å². The number of nitrogens with zero attached hydrogens (tertiary/aromatic N) is 1. The van der Waals surface area contributed by atoms with Crippen molar-refractivity contribution in [2.45, 2.75) is 18.8 Å². The number of carboxylic acid groups (broad SMARTS) is 2. The summed E-state index contributed by atoms with van der Waals surface area (Å²) in [6.45, 7) is 5.49. The van der Waals surface area contributed by atoms with Crippen LogP contribution in [0.3, 0.4) is 0 Å². The third-order valence-corrected chi connectivity index (χ3v) is 2.75. The second kappa shape index (κ2) is 14.0. The van der Waals surface area contributed by atoms with Gasteiger partial charge < -0.3 is 26.0 Å². The predicted molar refractivity (Wildman–Crippen MR) is 81.3 cm³/mol. The van der Waals surface area contributed by atoms with Crippen LogP contribution in [0.15, 0.2) is 0 Å². The number of nitrogens with one attached hydrogen (secondary N) is 1. The smallest absolute Gasteiger partial charge is 0.475 e. The van der Waals surface area contributed by atoms with Gasteiger partial charge in [-0.15, -0.1) is 0 Å². The zero-order valence-corrected chi connectivity index (χ0v) is 14.5. The molecule has 15 heteroatoms. The molecule has 9 nitrogen and oxygen atoms in total. The predicted octanol–water partition coefficient (Wildman–Crippen LogP) is 0.0502. The van der Waals surface area contributed by atoms with E-state index in [1.54, 1.807) is 0 Å². The second-order valence-electron chi connectivity index (χ2n) is 4.97. The number of nitrogens with two attached hydrogens (primary N) is 1. The van der Waals surface area contributed by atoms with Gasteiger partial charge in [-0.2, -0.15) is 26.3 Å². The van der Waals surface area contributed by atoms with Crippen LogP contribution in [0, 0.1) is 0 Å². The van der Waals surface area contributed by atoms with E-state index in [2.05, 4.69) is 10.2 Å². The number of carboxylic acids is 2. The third kappa shape index (κ3) is 17.3. The molecule has 0 aromatic heterocycles. The number of morpholine rings is 1. The Morgan fingerprint density at radius 1 is 0.964 bits per heavy atom. The van der Waals surface area contributed by atoms with E-state index in [0.717, 1.165) is 39.3 Å². The number of alkyl halides is 6. The molecule has 1 amide bonds. The van der Waals surface area contributed by atoms with Gasteiger partial charge in [0.05, 0.1) is 19.8 Å². The van der Waals surface area contributed by atoms with E-state index in [1.807, 2.05) is 0 Å². The van der Waals surface area contributed by atoms with Crippen LogP contribution < -0.4 is 11.1 Å². The molecule has 1 heterocycles. The molecule has 28 heavy (non-hydrogen) atoms. The lowest BCUT2D eigenvalue weighted by Gasteiger charge is -2.26. The molecular formula is C13H21F6N3O6. The van der Waals surface area contributed by atoms with E-state index < -0.39 is 24.3 Å². The minimum absolute atomic E-state index is 0.0769.